The van der Waals surface area contributed by atoms with Crippen molar-refractivity contribution in [3.8, 4) is 0 Å². The Bertz CT molecular complexity index is 423. The number of hydrogen-bond acceptors (Lipinski definition) is 3. The van der Waals surface area contributed by atoms with Crippen LogP contribution in [0, 0.1) is 0 Å². The van der Waals surface area contributed by atoms with Crippen molar-refractivity contribution in [1.29, 1.82) is 0 Å². The van der Waals surface area contributed by atoms with Crippen LogP contribution in [0.15, 0.2) is 0 Å². The zero-order valence-corrected chi connectivity index (χ0v) is 12.0. The summed E-state index contributed by atoms with van der Waals surface area (Å²) in [5, 5.41) is 2.75. The molecule has 2 N–H and O–H groups in total. The maximum absolute atomic E-state index is 11.5. The molecule has 0 aromatic carbocycles. The molecule has 0 saturated heterocycles. The highest BCUT2D eigenvalue weighted by Gasteiger charge is 2.16. The summed E-state index contributed by atoms with van der Waals surface area (Å²) in [7, 11) is 0. The average molecular weight is 265 g/mol. The molecule has 0 spiro atoms. The monoisotopic (exact) mass is 265 g/mol. The predicted octanol–water partition coefficient (Wildman–Crippen LogP) is 2.36. The van der Waals surface area contributed by atoms with Gasteiger partial charge in [-0.3, -0.25) is 0 Å². The first-order chi connectivity index (χ1) is 8.94. The first-order valence-corrected chi connectivity index (χ1v) is 6.97. The van der Waals surface area contributed by atoms with E-state index in [1.807, 2.05) is 20.8 Å². The second-order valence-corrected chi connectivity index (χ2v) is 5.99. The maximum atomic E-state index is 11.5. The van der Waals surface area contributed by atoms with E-state index in [0.29, 0.717) is 13.0 Å². The van der Waals surface area contributed by atoms with Gasteiger partial charge in [0.2, 0.25) is 0 Å². The smallest absolute Gasteiger partial charge is 0.407 e. The van der Waals surface area contributed by atoms with E-state index in [-0.39, 0.29) is 6.09 Å². The summed E-state index contributed by atoms with van der Waals surface area (Å²) in [6.07, 6.45) is 4.99. The van der Waals surface area contributed by atoms with Gasteiger partial charge in [-0.1, -0.05) is 0 Å². The van der Waals surface area contributed by atoms with Crippen molar-refractivity contribution < 1.29 is 9.53 Å². The Morgan fingerprint density at radius 2 is 2.11 bits per heavy atom. The van der Waals surface area contributed by atoms with Crippen LogP contribution in [0.5, 0.6) is 0 Å². The van der Waals surface area contributed by atoms with Gasteiger partial charge < -0.3 is 15.0 Å². The molecule has 1 aromatic heterocycles. The molecule has 1 heterocycles. The molecular formula is C14H23N3O2. The first-order valence-electron chi connectivity index (χ1n) is 6.97. The van der Waals surface area contributed by atoms with E-state index in [2.05, 4.69) is 15.3 Å². The standard InChI is InChI=1S/C14H23N3O2/c1-14(2,3)19-13(18)15-9-8-12-16-10-6-4-5-7-11(10)17-12/h4-9H2,1-3H3,(H,15,18)(H,16,17). The molecule has 5 heteroatoms. The first kappa shape index (κ1) is 13.9. The third kappa shape index (κ3) is 4.26. The van der Waals surface area contributed by atoms with Crippen LogP contribution in [0.3, 0.4) is 0 Å². The molecule has 1 aromatic rings. The molecule has 0 fully saturated rings. The van der Waals surface area contributed by atoms with Crippen LogP contribution in [-0.4, -0.2) is 28.2 Å². The number of aromatic nitrogens is 2. The Balaban J connectivity index is 1.77. The van der Waals surface area contributed by atoms with Crippen molar-refractivity contribution in [3.05, 3.63) is 17.2 Å². The average Bonchev–Trinajstić information content (AvgIpc) is 2.68. The molecule has 0 aliphatic heterocycles. The number of rotatable bonds is 3. The number of nitrogens with one attached hydrogen (secondary N) is 2. The van der Waals surface area contributed by atoms with E-state index >= 15 is 0 Å². The van der Waals surface area contributed by atoms with E-state index in [9.17, 15) is 4.79 Å². The quantitative estimate of drug-likeness (QED) is 0.881. The minimum absolute atomic E-state index is 0.371. The van der Waals surface area contributed by atoms with E-state index in [1.165, 1.54) is 24.2 Å². The molecule has 19 heavy (non-hydrogen) atoms. The van der Waals surface area contributed by atoms with Gasteiger partial charge in [0.15, 0.2) is 0 Å². The lowest BCUT2D eigenvalue weighted by Gasteiger charge is -2.19. The van der Waals surface area contributed by atoms with E-state index < -0.39 is 5.60 Å². The third-order valence-electron chi connectivity index (χ3n) is 3.03. The van der Waals surface area contributed by atoms with Gasteiger partial charge in [0, 0.05) is 18.7 Å². The highest BCUT2D eigenvalue weighted by atomic mass is 16.6. The molecular weight excluding hydrogens is 242 g/mol. The number of imidazole rings is 1. The number of amides is 1. The summed E-state index contributed by atoms with van der Waals surface area (Å²) in [5.74, 6) is 0.961. The number of hydrogen-bond donors (Lipinski definition) is 2. The van der Waals surface area contributed by atoms with Gasteiger partial charge in [-0.25, -0.2) is 9.78 Å². The third-order valence-corrected chi connectivity index (χ3v) is 3.03. The maximum Gasteiger partial charge on any atom is 0.407 e. The molecule has 1 aliphatic rings. The van der Waals surface area contributed by atoms with Gasteiger partial charge in [-0.15, -0.1) is 0 Å². The lowest BCUT2D eigenvalue weighted by Crippen LogP contribution is -2.33. The molecule has 0 saturated carbocycles. The number of alkyl carbamates (subject to hydrolysis) is 1. The predicted molar refractivity (Wildman–Crippen MR) is 73.2 cm³/mol. The van der Waals surface area contributed by atoms with Crippen LogP contribution in [0.2, 0.25) is 0 Å². The lowest BCUT2D eigenvalue weighted by atomic mass is 10.0. The fraction of sp³-hybridized carbons (Fsp3) is 0.714. The molecule has 2 rings (SSSR count). The molecule has 0 radical (unpaired) electrons. The fourth-order valence-corrected chi connectivity index (χ4v) is 2.23. The second-order valence-electron chi connectivity index (χ2n) is 5.99. The van der Waals surface area contributed by atoms with Crippen LogP contribution in [0.25, 0.3) is 0 Å². The molecule has 0 atom stereocenters. The van der Waals surface area contributed by atoms with Crippen LogP contribution in [0.1, 0.15) is 50.8 Å². The van der Waals surface area contributed by atoms with Crippen LogP contribution in [-0.2, 0) is 24.0 Å². The minimum Gasteiger partial charge on any atom is -0.444 e. The summed E-state index contributed by atoms with van der Waals surface area (Å²) >= 11 is 0. The zero-order chi connectivity index (χ0) is 13.9. The van der Waals surface area contributed by atoms with Gasteiger partial charge in [-0.2, -0.15) is 0 Å². The normalized spacial score (nSPS) is 14.9. The van der Waals surface area contributed by atoms with Gasteiger partial charge in [0.1, 0.15) is 11.4 Å². The SMILES string of the molecule is CC(C)(C)OC(=O)NCCc1nc2c([nH]1)CCCC2. The number of ether oxygens (including phenoxy) is 1. The number of carbonyl (C=O) groups is 1. The number of nitrogens with zero attached hydrogens (tertiary/aromatic N) is 1. The summed E-state index contributed by atoms with van der Waals surface area (Å²) < 4.78 is 5.18. The van der Waals surface area contributed by atoms with Crippen molar-refractivity contribution >= 4 is 6.09 Å². The second kappa shape index (κ2) is 5.63. The number of H-pyrrole nitrogens is 1. The molecule has 106 valence electrons. The van der Waals surface area contributed by atoms with Crippen LogP contribution >= 0.6 is 0 Å². The lowest BCUT2D eigenvalue weighted by molar-refractivity contribution is 0.0528. The summed E-state index contributed by atoms with van der Waals surface area (Å²) in [4.78, 5) is 19.4. The fourth-order valence-electron chi connectivity index (χ4n) is 2.23. The van der Waals surface area contributed by atoms with Gasteiger partial charge in [0.05, 0.1) is 5.69 Å². The topological polar surface area (TPSA) is 67.0 Å². The van der Waals surface area contributed by atoms with Crippen molar-refractivity contribution in [2.45, 2.75) is 58.5 Å². The largest absolute Gasteiger partial charge is 0.444 e. The summed E-state index contributed by atoms with van der Waals surface area (Å²) in [6, 6.07) is 0. The Kier molecular flexibility index (Phi) is 4.12. The molecule has 1 amide bonds. The van der Waals surface area contributed by atoms with Gasteiger partial charge in [-0.05, 0) is 46.5 Å². The number of aryl methyl sites for hydroxylation is 2. The molecule has 0 unspecified atom stereocenters. The van der Waals surface area contributed by atoms with Crippen molar-refractivity contribution in [3.63, 3.8) is 0 Å². The van der Waals surface area contributed by atoms with Crippen molar-refractivity contribution in [1.82, 2.24) is 15.3 Å². The van der Waals surface area contributed by atoms with Gasteiger partial charge in [0.25, 0.3) is 0 Å². The Hall–Kier alpha value is -1.52. The number of fused-ring (bicyclic) bond motifs is 1. The molecule has 0 bridgehead atoms. The minimum atomic E-state index is -0.451. The molecule has 1 aliphatic carbocycles. The highest BCUT2D eigenvalue weighted by Crippen LogP contribution is 2.18. The van der Waals surface area contributed by atoms with E-state index in [0.717, 1.165) is 18.7 Å². The van der Waals surface area contributed by atoms with E-state index in [4.69, 9.17) is 4.74 Å². The van der Waals surface area contributed by atoms with Crippen LogP contribution in [0.4, 0.5) is 4.79 Å². The number of aromatic amines is 1. The number of carbonyl (C=O) groups excluding carboxylic acids is 1. The van der Waals surface area contributed by atoms with Crippen molar-refractivity contribution in [2.24, 2.45) is 0 Å². The Labute approximate surface area is 114 Å². The highest BCUT2D eigenvalue weighted by molar-refractivity contribution is 5.67. The van der Waals surface area contributed by atoms with Crippen molar-refractivity contribution in [2.75, 3.05) is 6.54 Å². The van der Waals surface area contributed by atoms with Gasteiger partial charge >= 0.3 is 6.09 Å². The summed E-state index contributed by atoms with van der Waals surface area (Å²) in [5.41, 5.74) is 2.03. The molecule has 5 nitrogen and oxygen atoms in total. The van der Waals surface area contributed by atoms with E-state index in [1.54, 1.807) is 0 Å². The summed E-state index contributed by atoms with van der Waals surface area (Å²) in [6.45, 7) is 6.11. The Morgan fingerprint density at radius 3 is 2.79 bits per heavy atom. The van der Waals surface area contributed by atoms with Crippen LogP contribution < -0.4 is 5.32 Å². The Morgan fingerprint density at radius 1 is 1.37 bits per heavy atom. The zero-order valence-electron chi connectivity index (χ0n) is 12.0.